The quantitative estimate of drug-likeness (QED) is 0.860. The van der Waals surface area contributed by atoms with E-state index in [0.717, 1.165) is 16.7 Å². The number of rotatable bonds is 2. The molecule has 104 valence electrons. The SMILES string of the molecule is O=C1SC(=Cc2cccc(O)c2)C(=O)N1c1ccccc1. The number of thioether (sulfide) groups is 1. The van der Waals surface area contributed by atoms with Crippen molar-refractivity contribution in [2.24, 2.45) is 0 Å². The van der Waals surface area contributed by atoms with Crippen LogP contribution < -0.4 is 4.90 Å². The minimum atomic E-state index is -0.348. The average molecular weight is 297 g/mol. The van der Waals surface area contributed by atoms with Gasteiger partial charge < -0.3 is 5.11 Å². The van der Waals surface area contributed by atoms with Crippen LogP contribution in [0.3, 0.4) is 0 Å². The highest BCUT2D eigenvalue weighted by Gasteiger charge is 2.36. The van der Waals surface area contributed by atoms with Gasteiger partial charge in [-0.1, -0.05) is 30.3 Å². The van der Waals surface area contributed by atoms with Crippen LogP contribution in [0.5, 0.6) is 5.75 Å². The first kappa shape index (κ1) is 13.5. The Balaban J connectivity index is 1.94. The van der Waals surface area contributed by atoms with Crippen molar-refractivity contribution in [3.8, 4) is 5.75 Å². The number of aromatic hydroxyl groups is 1. The Morgan fingerprint density at radius 1 is 1.00 bits per heavy atom. The van der Waals surface area contributed by atoms with Gasteiger partial charge in [0.15, 0.2) is 0 Å². The summed E-state index contributed by atoms with van der Waals surface area (Å²) in [6.45, 7) is 0. The second-order valence-corrected chi connectivity index (χ2v) is 5.44. The Morgan fingerprint density at radius 2 is 1.76 bits per heavy atom. The Labute approximate surface area is 125 Å². The van der Waals surface area contributed by atoms with Crippen LogP contribution >= 0.6 is 11.8 Å². The van der Waals surface area contributed by atoms with Gasteiger partial charge in [0, 0.05) is 0 Å². The van der Waals surface area contributed by atoms with E-state index in [-0.39, 0.29) is 16.9 Å². The number of imide groups is 1. The number of carbonyl (C=O) groups excluding carboxylic acids is 2. The summed E-state index contributed by atoms with van der Waals surface area (Å²) in [5.74, 6) is -0.231. The molecule has 1 aliphatic heterocycles. The Kier molecular flexibility index (Phi) is 3.50. The lowest BCUT2D eigenvalue weighted by Crippen LogP contribution is -2.27. The lowest BCUT2D eigenvalue weighted by molar-refractivity contribution is -0.113. The Morgan fingerprint density at radius 3 is 2.48 bits per heavy atom. The zero-order valence-corrected chi connectivity index (χ0v) is 11.7. The van der Waals surface area contributed by atoms with Gasteiger partial charge in [-0.05, 0) is 47.7 Å². The van der Waals surface area contributed by atoms with Gasteiger partial charge in [0.25, 0.3) is 11.1 Å². The van der Waals surface area contributed by atoms with E-state index in [0.29, 0.717) is 16.2 Å². The van der Waals surface area contributed by atoms with Crippen molar-refractivity contribution in [3.05, 3.63) is 65.1 Å². The van der Waals surface area contributed by atoms with Crippen LogP contribution in [-0.4, -0.2) is 16.3 Å². The van der Waals surface area contributed by atoms with Crippen LogP contribution in [0.2, 0.25) is 0 Å². The second kappa shape index (κ2) is 5.46. The largest absolute Gasteiger partial charge is 0.508 e. The summed E-state index contributed by atoms with van der Waals surface area (Å²) in [7, 11) is 0. The van der Waals surface area contributed by atoms with Crippen molar-refractivity contribution >= 4 is 34.7 Å². The molecule has 5 heteroatoms. The van der Waals surface area contributed by atoms with E-state index in [4.69, 9.17) is 0 Å². The highest BCUT2D eigenvalue weighted by atomic mass is 32.2. The highest BCUT2D eigenvalue weighted by molar-refractivity contribution is 8.19. The van der Waals surface area contributed by atoms with Gasteiger partial charge in [-0.25, -0.2) is 4.90 Å². The van der Waals surface area contributed by atoms with E-state index in [1.807, 2.05) is 6.07 Å². The highest BCUT2D eigenvalue weighted by Crippen LogP contribution is 2.35. The first-order valence-electron chi connectivity index (χ1n) is 6.27. The maximum absolute atomic E-state index is 12.4. The molecular weight excluding hydrogens is 286 g/mol. The third-order valence-corrected chi connectivity index (χ3v) is 3.85. The number of benzene rings is 2. The summed E-state index contributed by atoms with van der Waals surface area (Å²) in [4.78, 5) is 25.9. The molecule has 1 N–H and O–H groups in total. The lowest BCUT2D eigenvalue weighted by atomic mass is 10.2. The van der Waals surface area contributed by atoms with E-state index in [1.54, 1.807) is 48.5 Å². The molecule has 0 unspecified atom stereocenters. The standard InChI is InChI=1S/C16H11NO3S/c18-13-8-4-5-11(9-13)10-14-15(19)17(16(20)21-14)12-6-2-1-3-7-12/h1-10,18H. The van der Waals surface area contributed by atoms with Crippen molar-refractivity contribution in [2.75, 3.05) is 4.90 Å². The molecule has 1 saturated heterocycles. The molecule has 21 heavy (non-hydrogen) atoms. The first-order valence-corrected chi connectivity index (χ1v) is 7.09. The summed E-state index contributed by atoms with van der Waals surface area (Å²) >= 11 is 0.894. The minimum Gasteiger partial charge on any atom is -0.508 e. The number of hydrogen-bond donors (Lipinski definition) is 1. The van der Waals surface area contributed by atoms with Gasteiger partial charge in [-0.15, -0.1) is 0 Å². The Hall–Kier alpha value is -2.53. The third kappa shape index (κ3) is 2.68. The average Bonchev–Trinajstić information content (AvgIpc) is 2.74. The summed E-state index contributed by atoms with van der Waals surface area (Å²) in [5, 5.41) is 9.11. The summed E-state index contributed by atoms with van der Waals surface area (Å²) in [6.07, 6.45) is 1.60. The van der Waals surface area contributed by atoms with E-state index >= 15 is 0 Å². The molecule has 0 bridgehead atoms. The van der Waals surface area contributed by atoms with Crippen LogP contribution in [0.1, 0.15) is 5.56 Å². The molecule has 1 fully saturated rings. The summed E-state index contributed by atoms with van der Waals surface area (Å²) in [5.41, 5.74) is 1.23. The number of carbonyl (C=O) groups is 2. The molecule has 1 aliphatic rings. The molecule has 0 saturated carbocycles. The van der Waals surface area contributed by atoms with E-state index in [2.05, 4.69) is 0 Å². The molecule has 0 radical (unpaired) electrons. The van der Waals surface area contributed by atoms with Crippen LogP contribution in [0.15, 0.2) is 59.5 Å². The fourth-order valence-electron chi connectivity index (χ4n) is 2.03. The molecule has 3 rings (SSSR count). The fraction of sp³-hybridized carbons (Fsp3) is 0. The van der Waals surface area contributed by atoms with Crippen molar-refractivity contribution in [2.45, 2.75) is 0 Å². The van der Waals surface area contributed by atoms with Gasteiger partial charge in [-0.3, -0.25) is 9.59 Å². The van der Waals surface area contributed by atoms with E-state index in [9.17, 15) is 14.7 Å². The number of para-hydroxylation sites is 1. The molecular formula is C16H11NO3S. The number of nitrogens with zero attached hydrogens (tertiary/aromatic N) is 1. The molecule has 1 heterocycles. The molecule has 0 aliphatic carbocycles. The van der Waals surface area contributed by atoms with Crippen LogP contribution in [-0.2, 0) is 4.79 Å². The number of phenols is 1. The maximum Gasteiger partial charge on any atom is 0.298 e. The van der Waals surface area contributed by atoms with Gasteiger partial charge in [0.1, 0.15) is 5.75 Å². The predicted octanol–water partition coefficient (Wildman–Crippen LogP) is 3.63. The predicted molar refractivity (Wildman–Crippen MR) is 83.0 cm³/mol. The van der Waals surface area contributed by atoms with Crippen molar-refractivity contribution in [1.82, 2.24) is 0 Å². The van der Waals surface area contributed by atoms with Crippen LogP contribution in [0, 0.1) is 0 Å². The van der Waals surface area contributed by atoms with Crippen molar-refractivity contribution < 1.29 is 14.7 Å². The molecule has 0 atom stereocenters. The lowest BCUT2D eigenvalue weighted by Gasteiger charge is -2.11. The molecule has 0 aromatic heterocycles. The monoisotopic (exact) mass is 297 g/mol. The summed E-state index contributed by atoms with van der Waals surface area (Å²) in [6, 6.07) is 15.3. The molecule has 2 aromatic rings. The van der Waals surface area contributed by atoms with E-state index < -0.39 is 0 Å². The third-order valence-electron chi connectivity index (χ3n) is 2.98. The van der Waals surface area contributed by atoms with Crippen LogP contribution in [0.4, 0.5) is 10.5 Å². The van der Waals surface area contributed by atoms with Gasteiger partial charge in [-0.2, -0.15) is 0 Å². The fourth-order valence-corrected chi connectivity index (χ4v) is 2.87. The zero-order valence-electron chi connectivity index (χ0n) is 10.9. The van der Waals surface area contributed by atoms with Gasteiger partial charge in [0.05, 0.1) is 10.6 Å². The zero-order chi connectivity index (χ0) is 14.8. The maximum atomic E-state index is 12.4. The normalized spacial score (nSPS) is 16.8. The second-order valence-electron chi connectivity index (χ2n) is 4.45. The molecule has 2 aromatic carbocycles. The smallest absolute Gasteiger partial charge is 0.298 e. The number of amides is 2. The van der Waals surface area contributed by atoms with Crippen LogP contribution in [0.25, 0.3) is 6.08 Å². The number of anilines is 1. The van der Waals surface area contributed by atoms with Gasteiger partial charge in [0.2, 0.25) is 0 Å². The molecule has 2 amide bonds. The molecule has 4 nitrogen and oxygen atoms in total. The van der Waals surface area contributed by atoms with Crippen molar-refractivity contribution in [1.29, 1.82) is 0 Å². The topological polar surface area (TPSA) is 57.6 Å². The van der Waals surface area contributed by atoms with E-state index in [1.165, 1.54) is 6.07 Å². The minimum absolute atomic E-state index is 0.117. The number of phenolic OH excluding ortho intramolecular Hbond substituents is 1. The summed E-state index contributed by atoms with van der Waals surface area (Å²) < 4.78 is 0. The van der Waals surface area contributed by atoms with Gasteiger partial charge >= 0.3 is 0 Å². The molecule has 0 spiro atoms. The first-order chi connectivity index (χ1) is 10.1. The number of hydrogen-bond acceptors (Lipinski definition) is 4. The Bertz CT molecular complexity index is 740. The van der Waals surface area contributed by atoms with Crippen molar-refractivity contribution in [3.63, 3.8) is 0 Å².